The van der Waals surface area contributed by atoms with Gasteiger partial charge >= 0.3 is 0 Å². The first-order chi connectivity index (χ1) is 7.24. The van der Waals surface area contributed by atoms with E-state index in [4.69, 9.17) is 4.42 Å². The van der Waals surface area contributed by atoms with Crippen molar-refractivity contribution < 1.29 is 4.42 Å². The molecule has 3 heteroatoms. The molecule has 1 atom stereocenters. The second-order valence-corrected chi connectivity index (χ2v) is 4.56. The molecule has 0 spiro atoms. The summed E-state index contributed by atoms with van der Waals surface area (Å²) in [7, 11) is 0. The topological polar surface area (TPSA) is 28.4 Å². The van der Waals surface area contributed by atoms with E-state index >= 15 is 0 Å². The van der Waals surface area contributed by atoms with E-state index in [9.17, 15) is 0 Å². The fraction of sp³-hybridized carbons (Fsp3) is 0.667. The predicted molar refractivity (Wildman–Crippen MR) is 60.8 cm³/mol. The van der Waals surface area contributed by atoms with Crippen LogP contribution in [0.2, 0.25) is 0 Å². The van der Waals surface area contributed by atoms with Gasteiger partial charge in [0.2, 0.25) is 0 Å². The van der Waals surface area contributed by atoms with Gasteiger partial charge in [0.15, 0.2) is 0 Å². The van der Waals surface area contributed by atoms with Gasteiger partial charge in [-0.3, -0.25) is 4.90 Å². The largest absolute Gasteiger partial charge is 0.465 e. The third-order valence-corrected chi connectivity index (χ3v) is 2.84. The van der Waals surface area contributed by atoms with E-state index in [-0.39, 0.29) is 0 Å². The van der Waals surface area contributed by atoms with Gasteiger partial charge in [-0.25, -0.2) is 0 Å². The van der Waals surface area contributed by atoms with Crippen LogP contribution in [-0.4, -0.2) is 31.1 Å². The van der Waals surface area contributed by atoms with Gasteiger partial charge in [-0.2, -0.15) is 0 Å². The minimum absolute atomic E-state index is 0.726. The maximum absolute atomic E-state index is 5.60. The highest BCUT2D eigenvalue weighted by molar-refractivity contribution is 5.05. The van der Waals surface area contributed by atoms with Gasteiger partial charge in [0.25, 0.3) is 0 Å². The zero-order valence-electron chi connectivity index (χ0n) is 9.62. The molecule has 84 valence electrons. The summed E-state index contributed by atoms with van der Waals surface area (Å²) in [5.41, 5.74) is 0. The van der Waals surface area contributed by atoms with E-state index in [1.807, 2.05) is 13.0 Å². The Morgan fingerprint density at radius 3 is 3.13 bits per heavy atom. The van der Waals surface area contributed by atoms with Crippen LogP contribution in [0.1, 0.15) is 18.4 Å². The first kappa shape index (κ1) is 10.7. The lowest BCUT2D eigenvalue weighted by Gasteiger charge is -2.20. The monoisotopic (exact) mass is 208 g/mol. The highest BCUT2D eigenvalue weighted by Crippen LogP contribution is 2.11. The Hall–Kier alpha value is -0.800. The number of hydrogen-bond acceptors (Lipinski definition) is 3. The average Bonchev–Trinajstić information content (AvgIpc) is 2.46. The molecule has 2 heterocycles. The lowest BCUT2D eigenvalue weighted by molar-refractivity contribution is 0.235. The van der Waals surface area contributed by atoms with Crippen LogP contribution in [0.25, 0.3) is 0 Å². The normalized spacial score (nSPS) is 24.0. The average molecular weight is 208 g/mol. The molecule has 1 fully saturated rings. The van der Waals surface area contributed by atoms with Crippen molar-refractivity contribution in [3.63, 3.8) is 0 Å². The van der Waals surface area contributed by atoms with E-state index < -0.39 is 0 Å². The summed E-state index contributed by atoms with van der Waals surface area (Å²) < 4.78 is 5.60. The molecule has 1 N–H and O–H groups in total. The third kappa shape index (κ3) is 3.08. The molecule has 0 amide bonds. The number of nitrogens with one attached hydrogen (secondary N) is 1. The summed E-state index contributed by atoms with van der Waals surface area (Å²) in [5.74, 6) is 2.82. The molecule has 1 unspecified atom stereocenters. The van der Waals surface area contributed by atoms with Crippen molar-refractivity contribution >= 4 is 0 Å². The molecule has 1 aromatic rings. The highest BCUT2D eigenvalue weighted by atomic mass is 16.3. The standard InChI is InChI=1S/C12H20N2O/c1-10-7-13-5-6-14(8-10)9-12-4-3-11(2)15-12/h3-4,10,13H,5-9H2,1-2H3. The van der Waals surface area contributed by atoms with E-state index in [0.29, 0.717) is 0 Å². The number of hydrogen-bond donors (Lipinski definition) is 1. The van der Waals surface area contributed by atoms with Crippen LogP contribution >= 0.6 is 0 Å². The highest BCUT2D eigenvalue weighted by Gasteiger charge is 2.15. The molecule has 1 aliphatic heterocycles. The minimum Gasteiger partial charge on any atom is -0.465 e. The first-order valence-corrected chi connectivity index (χ1v) is 5.72. The van der Waals surface area contributed by atoms with Gasteiger partial charge in [-0.15, -0.1) is 0 Å². The van der Waals surface area contributed by atoms with E-state index in [0.717, 1.165) is 50.2 Å². The maximum atomic E-state index is 5.60. The number of furan rings is 1. The fourth-order valence-electron chi connectivity index (χ4n) is 2.12. The Bertz CT molecular complexity index is 308. The molecule has 15 heavy (non-hydrogen) atoms. The zero-order valence-corrected chi connectivity index (χ0v) is 9.62. The lowest BCUT2D eigenvalue weighted by Crippen LogP contribution is -2.28. The third-order valence-electron chi connectivity index (χ3n) is 2.84. The van der Waals surface area contributed by atoms with Crippen molar-refractivity contribution in [3.8, 4) is 0 Å². The van der Waals surface area contributed by atoms with Crippen molar-refractivity contribution in [1.29, 1.82) is 0 Å². The quantitative estimate of drug-likeness (QED) is 0.800. The summed E-state index contributed by atoms with van der Waals surface area (Å²) in [6, 6.07) is 4.12. The number of nitrogens with zero attached hydrogens (tertiary/aromatic N) is 1. The minimum atomic E-state index is 0.726. The molecular weight excluding hydrogens is 188 g/mol. The molecule has 0 bridgehead atoms. The molecule has 2 rings (SSSR count). The maximum Gasteiger partial charge on any atom is 0.118 e. The summed E-state index contributed by atoms with van der Waals surface area (Å²) in [6.07, 6.45) is 0. The summed E-state index contributed by atoms with van der Waals surface area (Å²) >= 11 is 0. The Kier molecular flexibility index (Phi) is 3.44. The van der Waals surface area contributed by atoms with Crippen molar-refractivity contribution in [2.24, 2.45) is 5.92 Å². The molecule has 0 aliphatic carbocycles. The molecule has 0 saturated carbocycles. The fourth-order valence-corrected chi connectivity index (χ4v) is 2.12. The van der Waals surface area contributed by atoms with Crippen molar-refractivity contribution in [1.82, 2.24) is 10.2 Å². The Balaban J connectivity index is 1.92. The van der Waals surface area contributed by atoms with Gasteiger partial charge in [0, 0.05) is 19.6 Å². The van der Waals surface area contributed by atoms with Crippen LogP contribution in [0.15, 0.2) is 16.5 Å². The zero-order chi connectivity index (χ0) is 10.7. The SMILES string of the molecule is Cc1ccc(CN2CCNCC(C)C2)o1. The summed E-state index contributed by atoms with van der Waals surface area (Å²) in [6.45, 7) is 9.73. The van der Waals surface area contributed by atoms with Gasteiger partial charge in [-0.1, -0.05) is 6.92 Å². The summed E-state index contributed by atoms with van der Waals surface area (Å²) in [5, 5.41) is 3.45. The van der Waals surface area contributed by atoms with E-state index in [1.165, 1.54) is 0 Å². The number of rotatable bonds is 2. The molecular formula is C12H20N2O. The van der Waals surface area contributed by atoms with Crippen LogP contribution in [0.3, 0.4) is 0 Å². The molecule has 3 nitrogen and oxygen atoms in total. The van der Waals surface area contributed by atoms with Crippen LogP contribution in [0.4, 0.5) is 0 Å². The van der Waals surface area contributed by atoms with Gasteiger partial charge in [0.05, 0.1) is 6.54 Å². The molecule has 0 radical (unpaired) electrons. The molecule has 1 saturated heterocycles. The second-order valence-electron chi connectivity index (χ2n) is 4.56. The van der Waals surface area contributed by atoms with E-state index in [1.54, 1.807) is 0 Å². The van der Waals surface area contributed by atoms with Gasteiger partial charge < -0.3 is 9.73 Å². The van der Waals surface area contributed by atoms with Gasteiger partial charge in [0.1, 0.15) is 11.5 Å². The molecule has 1 aliphatic rings. The Morgan fingerprint density at radius 2 is 2.40 bits per heavy atom. The molecule has 1 aromatic heterocycles. The van der Waals surface area contributed by atoms with E-state index in [2.05, 4.69) is 23.2 Å². The van der Waals surface area contributed by atoms with Crippen LogP contribution in [0.5, 0.6) is 0 Å². The van der Waals surface area contributed by atoms with Crippen LogP contribution in [0, 0.1) is 12.8 Å². The predicted octanol–water partition coefficient (Wildman–Crippen LogP) is 1.63. The smallest absolute Gasteiger partial charge is 0.118 e. The Labute approximate surface area is 91.4 Å². The molecule has 0 aromatic carbocycles. The van der Waals surface area contributed by atoms with Crippen molar-refractivity contribution in [2.75, 3.05) is 26.2 Å². The number of aryl methyl sites for hydroxylation is 1. The first-order valence-electron chi connectivity index (χ1n) is 5.72. The van der Waals surface area contributed by atoms with Gasteiger partial charge in [-0.05, 0) is 31.5 Å². The Morgan fingerprint density at radius 1 is 1.53 bits per heavy atom. The lowest BCUT2D eigenvalue weighted by atomic mass is 10.2. The van der Waals surface area contributed by atoms with Crippen molar-refractivity contribution in [3.05, 3.63) is 23.7 Å². The summed E-state index contributed by atoms with van der Waals surface area (Å²) in [4.78, 5) is 2.46. The van der Waals surface area contributed by atoms with Crippen molar-refractivity contribution in [2.45, 2.75) is 20.4 Å². The van der Waals surface area contributed by atoms with Crippen LogP contribution in [-0.2, 0) is 6.54 Å². The second kappa shape index (κ2) is 4.81. The van der Waals surface area contributed by atoms with Crippen LogP contribution < -0.4 is 5.32 Å².